The molecule has 3 aliphatic rings. The van der Waals surface area contributed by atoms with Gasteiger partial charge in [0, 0.05) is 25.2 Å². The van der Waals surface area contributed by atoms with E-state index >= 15 is 0 Å². The van der Waals surface area contributed by atoms with Crippen LogP contribution in [0.25, 0.3) is 0 Å². The quantitative estimate of drug-likeness (QED) is 0.761. The lowest BCUT2D eigenvalue weighted by atomic mass is 10.2. The van der Waals surface area contributed by atoms with E-state index < -0.39 is 9.84 Å². The Kier molecular flexibility index (Phi) is 3.62. The molecule has 3 fully saturated rings. The van der Waals surface area contributed by atoms with Crippen molar-refractivity contribution in [1.29, 1.82) is 0 Å². The molecule has 0 aromatic rings. The highest BCUT2D eigenvalue weighted by Gasteiger charge is 2.33. The van der Waals surface area contributed by atoms with Gasteiger partial charge in [-0.3, -0.25) is 4.90 Å². The Morgan fingerprint density at radius 1 is 1.33 bits per heavy atom. The fourth-order valence-electron chi connectivity index (χ4n) is 3.26. The molecule has 0 aromatic heterocycles. The van der Waals surface area contributed by atoms with Crippen molar-refractivity contribution in [3.05, 3.63) is 0 Å². The number of nitrogens with zero attached hydrogens (tertiary/aromatic N) is 1. The van der Waals surface area contributed by atoms with Gasteiger partial charge in [-0.1, -0.05) is 0 Å². The van der Waals surface area contributed by atoms with E-state index in [1.807, 2.05) is 0 Å². The molecule has 0 bridgehead atoms. The lowest BCUT2D eigenvalue weighted by Crippen LogP contribution is -2.50. The van der Waals surface area contributed by atoms with Crippen molar-refractivity contribution in [2.45, 2.75) is 37.5 Å². The van der Waals surface area contributed by atoms with Gasteiger partial charge in [0.05, 0.1) is 24.2 Å². The Hall–Kier alpha value is -0.170. The Morgan fingerprint density at radius 3 is 3.00 bits per heavy atom. The molecule has 3 heterocycles. The maximum Gasteiger partial charge on any atom is 0.151 e. The SMILES string of the molecule is O=S1(=O)CCC(NCC2CN3CCCC3CO2)C1. The number of hydrogen-bond donors (Lipinski definition) is 1. The molecular formula is C12H22N2O3S. The summed E-state index contributed by atoms with van der Waals surface area (Å²) in [5.74, 6) is 0.635. The summed E-state index contributed by atoms with van der Waals surface area (Å²) in [6.07, 6.45) is 3.53. The summed E-state index contributed by atoms with van der Waals surface area (Å²) in [7, 11) is -2.78. The van der Waals surface area contributed by atoms with E-state index in [-0.39, 0.29) is 12.1 Å². The number of sulfone groups is 1. The van der Waals surface area contributed by atoms with Crippen LogP contribution in [0.2, 0.25) is 0 Å². The molecule has 3 saturated heterocycles. The highest BCUT2D eigenvalue weighted by atomic mass is 32.2. The van der Waals surface area contributed by atoms with Gasteiger partial charge in [0.1, 0.15) is 0 Å². The average Bonchev–Trinajstić information content (AvgIpc) is 2.92. The van der Waals surface area contributed by atoms with Gasteiger partial charge in [-0.15, -0.1) is 0 Å². The van der Waals surface area contributed by atoms with E-state index in [4.69, 9.17) is 4.74 Å². The average molecular weight is 274 g/mol. The summed E-state index contributed by atoms with van der Waals surface area (Å²) in [6.45, 7) is 3.82. The number of ether oxygens (including phenoxy) is 1. The standard InChI is InChI=1S/C12H22N2O3S/c15-18(16)5-3-10(9-18)13-6-12-7-14-4-1-2-11(14)8-17-12/h10-13H,1-9H2. The van der Waals surface area contributed by atoms with Gasteiger partial charge in [0.25, 0.3) is 0 Å². The lowest BCUT2D eigenvalue weighted by Gasteiger charge is -2.35. The van der Waals surface area contributed by atoms with Crippen LogP contribution in [-0.4, -0.2) is 69.3 Å². The topological polar surface area (TPSA) is 58.6 Å². The van der Waals surface area contributed by atoms with Crippen LogP contribution in [0.1, 0.15) is 19.3 Å². The lowest BCUT2D eigenvalue weighted by molar-refractivity contribution is -0.0476. The van der Waals surface area contributed by atoms with Crippen LogP contribution in [0.3, 0.4) is 0 Å². The summed E-state index contributed by atoms with van der Waals surface area (Å²) in [5.41, 5.74) is 0. The van der Waals surface area contributed by atoms with Crippen LogP contribution in [0, 0.1) is 0 Å². The van der Waals surface area contributed by atoms with Crippen LogP contribution in [0.5, 0.6) is 0 Å². The molecule has 6 heteroatoms. The second-order valence-corrected chi connectivity index (χ2v) is 7.98. The largest absolute Gasteiger partial charge is 0.374 e. The predicted octanol–water partition coefficient (Wildman–Crippen LogP) is -0.374. The molecule has 0 aliphatic carbocycles. The van der Waals surface area contributed by atoms with E-state index in [1.54, 1.807) is 0 Å². The van der Waals surface area contributed by atoms with Crippen LogP contribution in [0.15, 0.2) is 0 Å². The van der Waals surface area contributed by atoms with Gasteiger partial charge in [-0.05, 0) is 25.8 Å². The van der Waals surface area contributed by atoms with Gasteiger partial charge in [0.15, 0.2) is 9.84 Å². The first-order chi connectivity index (χ1) is 8.62. The Labute approximate surface area is 109 Å². The summed E-state index contributed by atoms with van der Waals surface area (Å²) >= 11 is 0. The molecule has 3 aliphatic heterocycles. The second-order valence-electron chi connectivity index (χ2n) is 5.75. The molecule has 3 rings (SSSR count). The van der Waals surface area contributed by atoms with Crippen LogP contribution >= 0.6 is 0 Å². The first kappa shape index (κ1) is 12.8. The maximum absolute atomic E-state index is 11.4. The van der Waals surface area contributed by atoms with Gasteiger partial charge in [0.2, 0.25) is 0 Å². The first-order valence-corrected chi connectivity index (χ1v) is 8.74. The summed E-state index contributed by atoms with van der Waals surface area (Å²) in [4.78, 5) is 2.52. The monoisotopic (exact) mass is 274 g/mol. The van der Waals surface area contributed by atoms with E-state index in [0.717, 1.165) is 26.1 Å². The smallest absolute Gasteiger partial charge is 0.151 e. The van der Waals surface area contributed by atoms with E-state index in [9.17, 15) is 8.42 Å². The molecule has 3 atom stereocenters. The zero-order chi connectivity index (χ0) is 12.6. The highest BCUT2D eigenvalue weighted by Crippen LogP contribution is 2.22. The van der Waals surface area contributed by atoms with E-state index in [1.165, 1.54) is 19.4 Å². The fraction of sp³-hybridized carbons (Fsp3) is 1.00. The predicted molar refractivity (Wildman–Crippen MR) is 69.4 cm³/mol. The molecule has 3 unspecified atom stereocenters. The van der Waals surface area contributed by atoms with Crippen molar-refractivity contribution in [2.24, 2.45) is 0 Å². The molecule has 18 heavy (non-hydrogen) atoms. The van der Waals surface area contributed by atoms with E-state index in [0.29, 0.717) is 17.5 Å². The van der Waals surface area contributed by atoms with Crippen molar-refractivity contribution in [1.82, 2.24) is 10.2 Å². The summed E-state index contributed by atoms with van der Waals surface area (Å²) in [6, 6.07) is 0.767. The Morgan fingerprint density at radius 2 is 2.22 bits per heavy atom. The van der Waals surface area contributed by atoms with Gasteiger partial charge < -0.3 is 10.1 Å². The number of rotatable bonds is 3. The van der Waals surface area contributed by atoms with E-state index in [2.05, 4.69) is 10.2 Å². The van der Waals surface area contributed by atoms with Gasteiger partial charge in [-0.2, -0.15) is 0 Å². The molecular weight excluding hydrogens is 252 g/mol. The third-order valence-electron chi connectivity index (χ3n) is 4.33. The molecule has 0 aromatic carbocycles. The third-order valence-corrected chi connectivity index (χ3v) is 6.10. The summed E-state index contributed by atoms with van der Waals surface area (Å²) < 4.78 is 28.6. The third kappa shape index (κ3) is 2.87. The normalized spacial score (nSPS) is 39.9. The van der Waals surface area contributed by atoms with Crippen molar-refractivity contribution in [2.75, 3.05) is 37.7 Å². The molecule has 0 radical (unpaired) electrons. The minimum atomic E-state index is -2.78. The first-order valence-electron chi connectivity index (χ1n) is 6.92. The minimum absolute atomic E-state index is 0.134. The maximum atomic E-state index is 11.4. The Bertz CT molecular complexity index is 398. The number of fused-ring (bicyclic) bond motifs is 1. The molecule has 104 valence electrons. The van der Waals surface area contributed by atoms with Gasteiger partial charge >= 0.3 is 0 Å². The van der Waals surface area contributed by atoms with Crippen molar-refractivity contribution in [3.8, 4) is 0 Å². The van der Waals surface area contributed by atoms with Crippen LogP contribution in [-0.2, 0) is 14.6 Å². The zero-order valence-electron chi connectivity index (χ0n) is 10.7. The highest BCUT2D eigenvalue weighted by molar-refractivity contribution is 7.91. The molecule has 0 amide bonds. The van der Waals surface area contributed by atoms with Crippen molar-refractivity contribution in [3.63, 3.8) is 0 Å². The van der Waals surface area contributed by atoms with Crippen LogP contribution < -0.4 is 5.32 Å². The number of nitrogens with one attached hydrogen (secondary N) is 1. The number of morpholine rings is 1. The van der Waals surface area contributed by atoms with Gasteiger partial charge in [-0.25, -0.2) is 8.42 Å². The molecule has 5 nitrogen and oxygen atoms in total. The number of hydrogen-bond acceptors (Lipinski definition) is 5. The van der Waals surface area contributed by atoms with Crippen molar-refractivity contribution >= 4 is 9.84 Å². The molecule has 0 spiro atoms. The van der Waals surface area contributed by atoms with Crippen molar-refractivity contribution < 1.29 is 13.2 Å². The molecule has 0 saturated carbocycles. The fourth-order valence-corrected chi connectivity index (χ4v) is 4.97. The second kappa shape index (κ2) is 5.07. The Balaban J connectivity index is 1.44. The zero-order valence-corrected chi connectivity index (χ0v) is 11.5. The van der Waals surface area contributed by atoms with Crippen LogP contribution in [0.4, 0.5) is 0 Å². The minimum Gasteiger partial charge on any atom is -0.374 e. The summed E-state index contributed by atoms with van der Waals surface area (Å²) in [5, 5.41) is 3.36. The molecule has 1 N–H and O–H groups in total.